The van der Waals surface area contributed by atoms with Crippen molar-refractivity contribution in [1.29, 1.82) is 0 Å². The molecular weight excluding hydrogens is 422 g/mol. The first-order valence-corrected chi connectivity index (χ1v) is 10.8. The second-order valence-corrected chi connectivity index (χ2v) is 8.16. The lowest BCUT2D eigenvalue weighted by molar-refractivity contribution is -0.109. The Balaban J connectivity index is 0.000000155. The predicted octanol–water partition coefficient (Wildman–Crippen LogP) is 5.41. The third kappa shape index (κ3) is 5.01. The molecule has 5 rings (SSSR count). The standard InChI is InChI=1S/C14H11NO2.C11H10N2OS/c1-9-6-7-13-11(8-9)15-14(16)10-4-2-3-5-12(10)17-13;14-8-12-6-10-7-13-11(15-10)9-4-2-1-3-5-9/h2-8H,1H3,(H,15,16);1-5,7-8H,6H2,(H,12,14). The smallest absolute Gasteiger partial charge is 0.259 e. The van der Waals surface area contributed by atoms with Gasteiger partial charge in [-0.3, -0.25) is 9.59 Å². The minimum atomic E-state index is -0.134. The summed E-state index contributed by atoms with van der Waals surface area (Å²) in [5.74, 6) is 1.13. The Kier molecular flexibility index (Phi) is 6.57. The van der Waals surface area contributed by atoms with E-state index < -0.39 is 0 Å². The van der Waals surface area contributed by atoms with Crippen molar-refractivity contribution in [3.63, 3.8) is 0 Å². The molecular formula is C25H21N3O3S. The Morgan fingerprint density at radius 2 is 1.81 bits per heavy atom. The third-order valence-electron chi connectivity index (χ3n) is 4.67. The zero-order chi connectivity index (χ0) is 22.3. The van der Waals surface area contributed by atoms with E-state index in [4.69, 9.17) is 4.74 Å². The normalized spacial score (nSPS) is 11.5. The third-order valence-corrected chi connectivity index (χ3v) is 5.72. The number of ether oxygens (including phenoxy) is 1. The molecule has 0 saturated carbocycles. The molecule has 0 unspecified atom stereocenters. The highest BCUT2D eigenvalue weighted by Gasteiger charge is 2.19. The first kappa shape index (κ1) is 21.3. The van der Waals surface area contributed by atoms with E-state index in [0.717, 1.165) is 21.0 Å². The summed E-state index contributed by atoms with van der Waals surface area (Å²) in [6.07, 6.45) is 2.49. The molecule has 0 bridgehead atoms. The lowest BCUT2D eigenvalue weighted by Gasteiger charge is -2.07. The Morgan fingerprint density at radius 1 is 1.03 bits per heavy atom. The lowest BCUT2D eigenvalue weighted by Crippen LogP contribution is -2.10. The van der Waals surface area contributed by atoms with Crippen LogP contribution in [-0.4, -0.2) is 17.3 Å². The number of anilines is 1. The van der Waals surface area contributed by atoms with Crippen LogP contribution in [0.25, 0.3) is 10.6 Å². The van der Waals surface area contributed by atoms with E-state index in [9.17, 15) is 9.59 Å². The van der Waals surface area contributed by atoms with Crippen LogP contribution in [-0.2, 0) is 11.3 Å². The van der Waals surface area contributed by atoms with Gasteiger partial charge in [-0.05, 0) is 36.8 Å². The van der Waals surface area contributed by atoms with Crippen molar-refractivity contribution in [3.8, 4) is 22.1 Å². The van der Waals surface area contributed by atoms with E-state index in [0.29, 0.717) is 35.7 Å². The van der Waals surface area contributed by atoms with Crippen LogP contribution in [0.4, 0.5) is 5.69 Å². The van der Waals surface area contributed by atoms with Gasteiger partial charge in [-0.15, -0.1) is 11.3 Å². The molecule has 6 nitrogen and oxygen atoms in total. The number of hydrogen-bond donors (Lipinski definition) is 2. The maximum atomic E-state index is 12.0. The number of nitrogens with one attached hydrogen (secondary N) is 2. The van der Waals surface area contributed by atoms with Crippen molar-refractivity contribution < 1.29 is 14.3 Å². The molecule has 0 radical (unpaired) electrons. The van der Waals surface area contributed by atoms with Gasteiger partial charge in [-0.2, -0.15) is 0 Å². The summed E-state index contributed by atoms with van der Waals surface area (Å²) in [7, 11) is 0. The van der Waals surface area contributed by atoms with Crippen molar-refractivity contribution in [2.45, 2.75) is 13.5 Å². The van der Waals surface area contributed by atoms with Gasteiger partial charge in [0.15, 0.2) is 5.75 Å². The van der Waals surface area contributed by atoms with Gasteiger partial charge in [0.25, 0.3) is 5.91 Å². The summed E-state index contributed by atoms with van der Waals surface area (Å²) in [6, 6.07) is 22.9. The summed E-state index contributed by atoms with van der Waals surface area (Å²) in [5.41, 5.74) is 3.46. The average molecular weight is 444 g/mol. The quantitative estimate of drug-likeness (QED) is 0.413. The van der Waals surface area contributed by atoms with Crippen LogP contribution >= 0.6 is 11.3 Å². The van der Waals surface area contributed by atoms with Gasteiger partial charge in [0.1, 0.15) is 10.8 Å². The molecule has 2 amide bonds. The summed E-state index contributed by atoms with van der Waals surface area (Å²) in [6.45, 7) is 2.53. The van der Waals surface area contributed by atoms with E-state index in [-0.39, 0.29) is 5.91 Å². The molecule has 0 aliphatic carbocycles. The van der Waals surface area contributed by atoms with Crippen molar-refractivity contribution in [2.75, 3.05) is 5.32 Å². The SMILES string of the molecule is Cc1ccc2c(c1)NC(=O)c1ccccc1O2.O=CNCc1cnc(-c2ccccc2)s1. The van der Waals surface area contributed by atoms with Crippen LogP contribution in [0.1, 0.15) is 20.8 Å². The molecule has 2 heterocycles. The second-order valence-electron chi connectivity index (χ2n) is 7.05. The zero-order valence-electron chi connectivity index (χ0n) is 17.4. The molecule has 2 N–H and O–H groups in total. The number of thiazole rings is 1. The molecule has 32 heavy (non-hydrogen) atoms. The molecule has 3 aromatic carbocycles. The van der Waals surface area contributed by atoms with E-state index >= 15 is 0 Å². The second kappa shape index (κ2) is 9.89. The Bertz CT molecular complexity index is 1240. The van der Waals surface area contributed by atoms with E-state index in [1.165, 1.54) is 0 Å². The first-order valence-electron chi connectivity index (χ1n) is 10.00. The topological polar surface area (TPSA) is 80.3 Å². The molecule has 0 fully saturated rings. The van der Waals surface area contributed by atoms with Gasteiger partial charge >= 0.3 is 0 Å². The molecule has 0 spiro atoms. The minimum Gasteiger partial charge on any atom is -0.454 e. The molecule has 7 heteroatoms. The predicted molar refractivity (Wildman–Crippen MR) is 126 cm³/mol. The fraction of sp³-hybridized carbons (Fsp3) is 0.0800. The minimum absolute atomic E-state index is 0.134. The summed E-state index contributed by atoms with van der Waals surface area (Å²) < 4.78 is 5.74. The van der Waals surface area contributed by atoms with Gasteiger partial charge in [-0.1, -0.05) is 48.5 Å². The van der Waals surface area contributed by atoms with Crippen LogP contribution in [0.3, 0.4) is 0 Å². The molecule has 160 valence electrons. The number of para-hydroxylation sites is 1. The Labute approximate surface area is 189 Å². The number of aromatic nitrogens is 1. The van der Waals surface area contributed by atoms with Gasteiger partial charge in [0, 0.05) is 16.6 Å². The number of amides is 2. The number of fused-ring (bicyclic) bond motifs is 2. The maximum absolute atomic E-state index is 12.0. The summed E-state index contributed by atoms with van der Waals surface area (Å²) in [4.78, 5) is 27.5. The maximum Gasteiger partial charge on any atom is 0.259 e. The van der Waals surface area contributed by atoms with Gasteiger partial charge in [0.2, 0.25) is 6.41 Å². The van der Waals surface area contributed by atoms with Crippen LogP contribution in [0, 0.1) is 6.92 Å². The van der Waals surface area contributed by atoms with Crippen LogP contribution < -0.4 is 15.4 Å². The number of rotatable bonds is 4. The van der Waals surface area contributed by atoms with Crippen molar-refractivity contribution in [3.05, 3.63) is 95.0 Å². The zero-order valence-corrected chi connectivity index (χ0v) is 18.2. The monoisotopic (exact) mass is 443 g/mol. The molecule has 0 saturated heterocycles. The van der Waals surface area contributed by atoms with Crippen molar-refractivity contribution in [2.24, 2.45) is 0 Å². The number of hydrogen-bond acceptors (Lipinski definition) is 5. The number of nitrogens with zero attached hydrogens (tertiary/aromatic N) is 1. The highest BCUT2D eigenvalue weighted by atomic mass is 32.1. The van der Waals surface area contributed by atoms with Crippen LogP contribution in [0.15, 0.2) is 79.0 Å². The fourth-order valence-electron chi connectivity index (χ4n) is 3.13. The Hall–Kier alpha value is -3.97. The fourth-order valence-corrected chi connectivity index (χ4v) is 4.00. The van der Waals surface area contributed by atoms with E-state index in [2.05, 4.69) is 15.6 Å². The highest BCUT2D eigenvalue weighted by molar-refractivity contribution is 7.15. The number of aryl methyl sites for hydroxylation is 1. The molecule has 1 aliphatic rings. The van der Waals surface area contributed by atoms with Crippen LogP contribution in [0.5, 0.6) is 11.5 Å². The molecule has 1 aliphatic heterocycles. The number of carbonyl (C=O) groups is 2. The van der Waals surface area contributed by atoms with Crippen molar-refractivity contribution in [1.82, 2.24) is 10.3 Å². The number of benzene rings is 3. The average Bonchev–Trinajstić information content (AvgIpc) is 3.24. The van der Waals surface area contributed by atoms with Crippen molar-refractivity contribution >= 4 is 29.3 Å². The number of carbonyl (C=O) groups excluding carboxylic acids is 2. The van der Waals surface area contributed by atoms with Crippen LogP contribution in [0.2, 0.25) is 0 Å². The summed E-state index contributed by atoms with van der Waals surface area (Å²) >= 11 is 1.59. The Morgan fingerprint density at radius 3 is 2.62 bits per heavy atom. The first-order chi connectivity index (χ1) is 15.6. The largest absolute Gasteiger partial charge is 0.454 e. The van der Waals surface area contributed by atoms with Gasteiger partial charge in [-0.25, -0.2) is 4.98 Å². The van der Waals surface area contributed by atoms with E-state index in [1.54, 1.807) is 29.7 Å². The summed E-state index contributed by atoms with van der Waals surface area (Å²) in [5, 5.41) is 6.46. The molecule has 4 aromatic rings. The van der Waals surface area contributed by atoms with Gasteiger partial charge in [0.05, 0.1) is 17.8 Å². The highest BCUT2D eigenvalue weighted by Crippen LogP contribution is 2.35. The van der Waals surface area contributed by atoms with Gasteiger partial charge < -0.3 is 15.4 Å². The lowest BCUT2D eigenvalue weighted by atomic mass is 10.2. The van der Waals surface area contributed by atoms with E-state index in [1.807, 2.05) is 67.6 Å². The molecule has 1 aromatic heterocycles. The molecule has 0 atom stereocenters.